The first-order chi connectivity index (χ1) is 41.7. The maximum Gasteiger partial charge on any atom is 0.264 e. The van der Waals surface area contributed by atoms with Crippen molar-refractivity contribution >= 4 is 74.5 Å². The van der Waals surface area contributed by atoms with Crippen LogP contribution < -0.4 is 0 Å². The second kappa shape index (κ2) is 27.6. The van der Waals surface area contributed by atoms with Crippen LogP contribution in [0, 0.1) is 13.8 Å². The molecule has 4 heterocycles. The van der Waals surface area contributed by atoms with Crippen LogP contribution in [0.25, 0.3) is 112 Å². The number of aromatic nitrogens is 8. The number of rotatable bonds is 16. The summed E-state index contributed by atoms with van der Waals surface area (Å²) in [6.07, 6.45) is 2.60. The van der Waals surface area contributed by atoms with E-state index in [1.807, 2.05) is 154 Å². The molecular weight excluding hydrogens is 1160 g/mol. The Labute approximate surface area is 506 Å². The molecule has 8 aromatic carbocycles. The van der Waals surface area contributed by atoms with Gasteiger partial charge in [0.1, 0.15) is 11.6 Å². The monoisotopic (exact) mass is 1220 g/mol. The van der Waals surface area contributed by atoms with Crippen LogP contribution in [0.3, 0.4) is 0 Å². The fraction of sp³-hybridized carbons (Fsp3) is 0.194. The van der Waals surface area contributed by atoms with Crippen LogP contribution in [-0.2, 0) is 43.4 Å². The summed E-state index contributed by atoms with van der Waals surface area (Å²) < 4.78 is 92.4. The van der Waals surface area contributed by atoms with Gasteiger partial charge in [0, 0.05) is 40.9 Å². The summed E-state index contributed by atoms with van der Waals surface area (Å²) in [5.41, 5.74) is 18.7. The summed E-state index contributed by atoms with van der Waals surface area (Å²) in [5, 5.41) is 0. The van der Waals surface area contributed by atoms with Crippen molar-refractivity contribution in [3.05, 3.63) is 206 Å². The molecule has 0 amide bonds. The molecule has 0 atom stereocenters. The molecule has 0 bridgehead atoms. The molecule has 0 aliphatic heterocycles. The molecular formula is C67H66N8O9S3. The van der Waals surface area contributed by atoms with Gasteiger partial charge in [-0.15, -0.1) is 0 Å². The highest BCUT2D eigenvalue weighted by Gasteiger charge is 2.19. The van der Waals surface area contributed by atoms with Crippen molar-refractivity contribution in [2.24, 2.45) is 0 Å². The number of nitrogens with zero attached hydrogens (tertiary/aromatic N) is 8. The minimum absolute atomic E-state index is 0.252. The number of imidazole rings is 2. The van der Waals surface area contributed by atoms with Crippen molar-refractivity contribution in [1.29, 1.82) is 0 Å². The van der Waals surface area contributed by atoms with Crippen molar-refractivity contribution < 1.29 is 38.9 Å². The highest BCUT2D eigenvalue weighted by atomic mass is 32.2. The predicted octanol–water partition coefficient (Wildman–Crippen LogP) is 14.4. The predicted molar refractivity (Wildman–Crippen MR) is 348 cm³/mol. The Kier molecular flexibility index (Phi) is 19.9. The summed E-state index contributed by atoms with van der Waals surface area (Å²) in [7, 11) is -11.6. The lowest BCUT2D eigenvalue weighted by molar-refractivity contribution is 0.476. The molecule has 12 rings (SSSR count). The molecule has 0 radical (unpaired) electrons. The summed E-state index contributed by atoms with van der Waals surface area (Å²) in [6, 6.07) is 65.2. The number of hydrogen-bond acceptors (Lipinski definition) is 12. The number of aryl methyl sites for hydroxylation is 4. The van der Waals surface area contributed by atoms with E-state index in [0.717, 1.165) is 118 Å². The molecule has 17 nitrogen and oxygen atoms in total. The molecule has 0 saturated carbocycles. The topological polar surface area (TPSA) is 250 Å². The highest BCUT2D eigenvalue weighted by molar-refractivity contribution is 7.86. The maximum atomic E-state index is 11.2. The average molecular weight is 1220 g/mol. The molecule has 0 unspecified atom stereocenters. The SMILES string of the molecule is CC.CS(=O)(=O)O.Cc1ccc2nc(-c3ccc(-c4nc5ccccc5nc4-c4ccccc4)cc3)c(-c3ccccc3)nc2c1.Cc1nc2cc(-c3ccc4c(c3)nc(-c3ccccc3)n4CCCCS(=O)(=O)O)ccc2n1CCCCS(=O)(=O)O. The fourth-order valence-electron chi connectivity index (χ4n) is 10.1. The third-order valence-electron chi connectivity index (χ3n) is 14.0. The van der Waals surface area contributed by atoms with Crippen LogP contribution in [0.15, 0.2) is 194 Å². The first-order valence-corrected chi connectivity index (χ1v) is 33.4. The average Bonchev–Trinajstić information content (AvgIpc) is 2.20. The minimum atomic E-state index is -4.00. The molecule has 87 heavy (non-hydrogen) atoms. The van der Waals surface area contributed by atoms with E-state index < -0.39 is 30.4 Å². The van der Waals surface area contributed by atoms with Gasteiger partial charge in [-0.25, -0.2) is 29.9 Å². The van der Waals surface area contributed by atoms with Gasteiger partial charge < -0.3 is 9.13 Å². The van der Waals surface area contributed by atoms with Gasteiger partial charge in [-0.05, 0) is 105 Å². The van der Waals surface area contributed by atoms with E-state index >= 15 is 0 Å². The molecule has 0 aliphatic carbocycles. The van der Waals surface area contributed by atoms with Gasteiger partial charge in [0.15, 0.2) is 0 Å². The number of benzene rings is 8. The van der Waals surface area contributed by atoms with Crippen LogP contribution in [0.1, 0.15) is 50.9 Å². The number of para-hydroxylation sites is 2. The van der Waals surface area contributed by atoms with Crippen LogP contribution in [0.5, 0.6) is 0 Å². The van der Waals surface area contributed by atoms with Crippen molar-refractivity contribution in [2.45, 2.75) is 66.5 Å². The fourth-order valence-corrected chi connectivity index (χ4v) is 11.2. The van der Waals surface area contributed by atoms with Crippen molar-refractivity contribution in [3.63, 3.8) is 0 Å². The van der Waals surface area contributed by atoms with Crippen LogP contribution in [-0.4, -0.2) is 95.7 Å². The number of hydrogen-bond donors (Lipinski definition) is 3. The summed E-state index contributed by atoms with van der Waals surface area (Å²) in [5.74, 6) is 1.10. The lowest BCUT2D eigenvalue weighted by Gasteiger charge is -2.13. The Bertz CT molecular complexity index is 4710. The molecule has 12 aromatic rings. The van der Waals surface area contributed by atoms with Gasteiger partial charge in [0.25, 0.3) is 30.4 Å². The second-order valence-electron chi connectivity index (χ2n) is 20.5. The van der Waals surface area contributed by atoms with Crippen molar-refractivity contribution in [2.75, 3.05) is 17.8 Å². The summed E-state index contributed by atoms with van der Waals surface area (Å²) in [4.78, 5) is 29.9. The van der Waals surface area contributed by atoms with E-state index in [1.54, 1.807) is 0 Å². The Balaban J connectivity index is 0.000000188. The highest BCUT2D eigenvalue weighted by Crippen LogP contribution is 2.36. The van der Waals surface area contributed by atoms with Crippen LogP contribution in [0.4, 0.5) is 0 Å². The van der Waals surface area contributed by atoms with Crippen LogP contribution >= 0.6 is 0 Å². The van der Waals surface area contributed by atoms with E-state index in [9.17, 15) is 25.3 Å². The minimum Gasteiger partial charge on any atom is -0.328 e. The summed E-state index contributed by atoms with van der Waals surface area (Å²) >= 11 is 0. The third kappa shape index (κ3) is 16.4. The smallest absolute Gasteiger partial charge is 0.264 e. The van der Waals surface area contributed by atoms with Crippen LogP contribution in [0.2, 0.25) is 0 Å². The van der Waals surface area contributed by atoms with Gasteiger partial charge in [0.05, 0.1) is 84.7 Å². The van der Waals surface area contributed by atoms with E-state index in [-0.39, 0.29) is 11.5 Å². The zero-order chi connectivity index (χ0) is 61.9. The van der Waals surface area contributed by atoms with Crippen molar-refractivity contribution in [1.82, 2.24) is 39.0 Å². The molecule has 0 aliphatic rings. The Hall–Kier alpha value is -8.89. The van der Waals surface area contributed by atoms with Gasteiger partial charge in [-0.3, -0.25) is 13.7 Å². The lowest BCUT2D eigenvalue weighted by Crippen LogP contribution is -2.06. The zero-order valence-corrected chi connectivity index (χ0v) is 51.2. The first-order valence-electron chi connectivity index (χ1n) is 28.3. The third-order valence-corrected chi connectivity index (χ3v) is 15.6. The van der Waals surface area contributed by atoms with Gasteiger partial charge >= 0.3 is 0 Å². The van der Waals surface area contributed by atoms with E-state index in [2.05, 4.69) is 76.7 Å². The summed E-state index contributed by atoms with van der Waals surface area (Å²) in [6.45, 7) is 9.16. The molecule has 3 N–H and O–H groups in total. The first kappa shape index (κ1) is 62.6. The largest absolute Gasteiger partial charge is 0.328 e. The number of unbranched alkanes of at least 4 members (excludes halogenated alkanes) is 2. The van der Waals surface area contributed by atoms with E-state index in [0.29, 0.717) is 45.0 Å². The second-order valence-corrected chi connectivity index (χ2v) is 25.1. The maximum absolute atomic E-state index is 11.2. The van der Waals surface area contributed by atoms with Gasteiger partial charge in [0.2, 0.25) is 0 Å². The quantitative estimate of drug-likeness (QED) is 0.0601. The number of fused-ring (bicyclic) bond motifs is 4. The van der Waals surface area contributed by atoms with Gasteiger partial charge in [-0.1, -0.05) is 159 Å². The standard InChI is InChI=1S/C35H24N4.C29H32N4O6S2.C2H6.CH4O3S/c1-23-16-21-30-31(22-23)39-33(25-12-6-3-7-13-25)35(38-30)27-19-17-26(18-20-27)34-32(24-10-4-2-5-11-24)36-28-14-8-9-15-29(28)37-34;1-21-30-25-19-23(11-13-27(25)32(21)15-5-7-17-40(34,35)36)24-12-14-28-26(20-24)31-29(22-9-3-2-4-10-22)33(28)16-6-8-18-41(37,38)39;1-2;1-5(2,3)4/h2-22H,1H3;2-4,9-14,19-20H,5-8,15-18H2,1H3,(H,34,35,36)(H,37,38,39);1-2H3;1H3,(H,2,3,4). The Morgan fingerprint density at radius 3 is 1.16 bits per heavy atom. The van der Waals surface area contributed by atoms with Gasteiger partial charge in [-0.2, -0.15) is 25.3 Å². The lowest BCUT2D eigenvalue weighted by atomic mass is 9.99. The molecule has 4 aromatic heterocycles. The zero-order valence-electron chi connectivity index (χ0n) is 48.7. The molecule has 20 heteroatoms. The van der Waals surface area contributed by atoms with E-state index in [4.69, 9.17) is 43.6 Å². The normalized spacial score (nSPS) is 11.6. The molecule has 0 fully saturated rings. The Morgan fingerprint density at radius 1 is 0.356 bits per heavy atom. The van der Waals surface area contributed by atoms with E-state index in [1.165, 1.54) is 5.56 Å². The Morgan fingerprint density at radius 2 is 0.713 bits per heavy atom. The molecule has 446 valence electrons. The molecule has 0 spiro atoms. The van der Waals surface area contributed by atoms with Crippen molar-refractivity contribution in [3.8, 4) is 67.5 Å². The molecule has 0 saturated heterocycles.